The van der Waals surface area contributed by atoms with Gasteiger partial charge >= 0.3 is 0 Å². The van der Waals surface area contributed by atoms with E-state index in [1.807, 2.05) is 24.3 Å². The van der Waals surface area contributed by atoms with Crippen LogP contribution in [0, 0.1) is 5.82 Å². The molecule has 0 atom stereocenters. The zero-order chi connectivity index (χ0) is 18.1. The van der Waals surface area contributed by atoms with Crippen LogP contribution in [0.25, 0.3) is 0 Å². The highest BCUT2D eigenvalue weighted by molar-refractivity contribution is 5.76. The minimum absolute atomic E-state index is 0.0298. The first-order chi connectivity index (χ1) is 12.1. The fraction of sp³-hybridized carbons (Fsp3) is 0.250. The van der Waals surface area contributed by atoms with Crippen molar-refractivity contribution in [1.29, 1.82) is 0 Å². The van der Waals surface area contributed by atoms with Gasteiger partial charge in [-0.3, -0.25) is 4.79 Å². The molecule has 0 saturated heterocycles. The van der Waals surface area contributed by atoms with Crippen LogP contribution in [-0.2, 0) is 11.3 Å². The summed E-state index contributed by atoms with van der Waals surface area (Å²) >= 11 is 0. The lowest BCUT2D eigenvalue weighted by Gasteiger charge is -2.21. The number of nitrogens with zero attached hydrogens (tertiary/aromatic N) is 1. The molecule has 0 aliphatic rings. The average Bonchev–Trinajstić information content (AvgIpc) is 2.63. The maximum absolute atomic E-state index is 12.8. The van der Waals surface area contributed by atoms with Crippen LogP contribution in [0.5, 0.6) is 11.5 Å². The number of ether oxygens (including phenoxy) is 2. The SMILES string of the molecule is C=CCN(Cc1ccc(OC)cc1)C(=O)CCOc1ccc(F)cc1. The lowest BCUT2D eigenvalue weighted by Crippen LogP contribution is -2.31. The average molecular weight is 343 g/mol. The highest BCUT2D eigenvalue weighted by atomic mass is 19.1. The second-order valence-corrected chi connectivity index (χ2v) is 5.46. The second-order valence-electron chi connectivity index (χ2n) is 5.46. The number of carbonyl (C=O) groups is 1. The summed E-state index contributed by atoms with van der Waals surface area (Å²) in [5.74, 6) is 0.968. The zero-order valence-corrected chi connectivity index (χ0v) is 14.3. The number of hydrogen-bond donors (Lipinski definition) is 0. The molecule has 5 heteroatoms. The molecule has 4 nitrogen and oxygen atoms in total. The van der Waals surface area contributed by atoms with E-state index in [0.29, 0.717) is 18.8 Å². The van der Waals surface area contributed by atoms with Gasteiger partial charge in [0.25, 0.3) is 0 Å². The second kappa shape index (κ2) is 9.47. The number of amides is 1. The predicted octanol–water partition coefficient (Wildman–Crippen LogP) is 3.82. The largest absolute Gasteiger partial charge is 0.497 e. The Morgan fingerprint density at radius 3 is 2.36 bits per heavy atom. The molecule has 0 radical (unpaired) electrons. The molecule has 0 aromatic heterocycles. The highest BCUT2D eigenvalue weighted by Crippen LogP contribution is 2.14. The van der Waals surface area contributed by atoms with Crippen molar-refractivity contribution < 1.29 is 18.7 Å². The van der Waals surface area contributed by atoms with Gasteiger partial charge < -0.3 is 14.4 Å². The monoisotopic (exact) mass is 343 g/mol. The van der Waals surface area contributed by atoms with Crippen molar-refractivity contribution in [2.24, 2.45) is 0 Å². The van der Waals surface area contributed by atoms with Crippen LogP contribution in [0.4, 0.5) is 4.39 Å². The topological polar surface area (TPSA) is 38.8 Å². The van der Waals surface area contributed by atoms with Gasteiger partial charge in [0.1, 0.15) is 17.3 Å². The van der Waals surface area contributed by atoms with Crippen LogP contribution in [0.3, 0.4) is 0 Å². The first-order valence-corrected chi connectivity index (χ1v) is 8.02. The molecule has 132 valence electrons. The zero-order valence-electron chi connectivity index (χ0n) is 14.3. The molecule has 2 aromatic carbocycles. The molecule has 2 rings (SSSR count). The number of carbonyl (C=O) groups excluding carboxylic acids is 1. The van der Waals surface area contributed by atoms with E-state index in [0.717, 1.165) is 11.3 Å². The molecule has 0 aliphatic heterocycles. The first-order valence-electron chi connectivity index (χ1n) is 8.02. The normalized spacial score (nSPS) is 10.2. The summed E-state index contributed by atoms with van der Waals surface area (Å²) in [5.41, 5.74) is 1.01. The molecular weight excluding hydrogens is 321 g/mol. The van der Waals surface area contributed by atoms with Gasteiger partial charge in [0, 0.05) is 13.1 Å². The van der Waals surface area contributed by atoms with Crippen molar-refractivity contribution in [3.05, 3.63) is 72.6 Å². The molecular formula is C20H22FNO3. The number of benzene rings is 2. The quantitative estimate of drug-likeness (QED) is 0.650. The number of methoxy groups -OCH3 is 1. The molecule has 0 aliphatic carbocycles. The van der Waals surface area contributed by atoms with Crippen LogP contribution < -0.4 is 9.47 Å². The van der Waals surface area contributed by atoms with Crippen molar-refractivity contribution in [3.8, 4) is 11.5 Å². The Bertz CT molecular complexity index is 683. The lowest BCUT2D eigenvalue weighted by molar-refractivity contribution is -0.131. The molecule has 0 heterocycles. The molecule has 0 fully saturated rings. The van der Waals surface area contributed by atoms with E-state index in [1.54, 1.807) is 30.2 Å². The van der Waals surface area contributed by atoms with Crippen LogP contribution in [-0.4, -0.2) is 31.1 Å². The van der Waals surface area contributed by atoms with Crippen LogP contribution >= 0.6 is 0 Å². The molecule has 0 unspecified atom stereocenters. The third-order valence-electron chi connectivity index (χ3n) is 3.63. The molecule has 0 saturated carbocycles. The van der Waals surface area contributed by atoms with E-state index in [4.69, 9.17) is 9.47 Å². The van der Waals surface area contributed by atoms with E-state index in [-0.39, 0.29) is 24.8 Å². The van der Waals surface area contributed by atoms with Gasteiger partial charge in [0.05, 0.1) is 20.1 Å². The van der Waals surface area contributed by atoms with Gasteiger partial charge in [-0.15, -0.1) is 6.58 Å². The van der Waals surface area contributed by atoms with Gasteiger partial charge in [-0.25, -0.2) is 4.39 Å². The molecule has 1 amide bonds. The molecule has 0 bridgehead atoms. The Balaban J connectivity index is 1.87. The summed E-state index contributed by atoms with van der Waals surface area (Å²) in [6.07, 6.45) is 1.93. The van der Waals surface area contributed by atoms with Crippen LogP contribution in [0.15, 0.2) is 61.2 Å². The third-order valence-corrected chi connectivity index (χ3v) is 3.63. The minimum atomic E-state index is -0.319. The molecule has 0 spiro atoms. The Morgan fingerprint density at radius 2 is 1.76 bits per heavy atom. The Kier molecular flexibility index (Phi) is 7.01. The van der Waals surface area contributed by atoms with Gasteiger partial charge in [-0.2, -0.15) is 0 Å². The van der Waals surface area contributed by atoms with Crippen LogP contribution in [0.2, 0.25) is 0 Å². The Labute approximate surface area is 147 Å². The van der Waals surface area contributed by atoms with E-state index < -0.39 is 0 Å². The summed E-state index contributed by atoms with van der Waals surface area (Å²) in [4.78, 5) is 14.1. The summed E-state index contributed by atoms with van der Waals surface area (Å²) in [6.45, 7) is 4.90. The van der Waals surface area contributed by atoms with Crippen molar-refractivity contribution in [1.82, 2.24) is 4.90 Å². The van der Waals surface area contributed by atoms with Crippen molar-refractivity contribution in [2.75, 3.05) is 20.3 Å². The van der Waals surface area contributed by atoms with Gasteiger partial charge in [-0.05, 0) is 42.0 Å². The van der Waals surface area contributed by atoms with E-state index >= 15 is 0 Å². The third kappa shape index (κ3) is 5.95. The van der Waals surface area contributed by atoms with E-state index in [1.165, 1.54) is 12.1 Å². The number of halogens is 1. The van der Waals surface area contributed by atoms with Crippen LogP contribution in [0.1, 0.15) is 12.0 Å². The summed E-state index contributed by atoms with van der Waals surface area (Å²) < 4.78 is 23.5. The van der Waals surface area contributed by atoms with Crippen molar-refractivity contribution >= 4 is 5.91 Å². The molecule has 2 aromatic rings. The van der Waals surface area contributed by atoms with Gasteiger partial charge in [0.15, 0.2) is 0 Å². The molecule has 0 N–H and O–H groups in total. The highest BCUT2D eigenvalue weighted by Gasteiger charge is 2.13. The molecule has 25 heavy (non-hydrogen) atoms. The first kappa shape index (κ1) is 18.5. The Morgan fingerprint density at radius 1 is 1.12 bits per heavy atom. The summed E-state index contributed by atoms with van der Waals surface area (Å²) in [5, 5.41) is 0. The summed E-state index contributed by atoms with van der Waals surface area (Å²) in [7, 11) is 1.61. The number of hydrogen-bond acceptors (Lipinski definition) is 3. The standard InChI is InChI=1S/C20H22FNO3/c1-3-13-22(15-16-4-8-18(24-2)9-5-16)20(23)12-14-25-19-10-6-17(21)7-11-19/h3-11H,1,12-15H2,2H3. The fourth-order valence-electron chi connectivity index (χ4n) is 2.31. The maximum atomic E-state index is 12.8. The van der Waals surface area contributed by atoms with Gasteiger partial charge in [0.2, 0.25) is 5.91 Å². The smallest absolute Gasteiger partial charge is 0.226 e. The van der Waals surface area contributed by atoms with Crippen molar-refractivity contribution in [2.45, 2.75) is 13.0 Å². The lowest BCUT2D eigenvalue weighted by atomic mass is 10.2. The Hall–Kier alpha value is -2.82. The maximum Gasteiger partial charge on any atom is 0.226 e. The van der Waals surface area contributed by atoms with E-state index in [9.17, 15) is 9.18 Å². The van der Waals surface area contributed by atoms with Crippen molar-refractivity contribution in [3.63, 3.8) is 0 Å². The summed E-state index contributed by atoms with van der Waals surface area (Å²) in [6, 6.07) is 13.3. The fourth-order valence-corrected chi connectivity index (χ4v) is 2.31. The predicted molar refractivity (Wildman–Crippen MR) is 95.1 cm³/mol. The number of rotatable bonds is 9. The minimum Gasteiger partial charge on any atom is -0.497 e. The van der Waals surface area contributed by atoms with Gasteiger partial charge in [-0.1, -0.05) is 18.2 Å². The van der Waals surface area contributed by atoms with E-state index in [2.05, 4.69) is 6.58 Å².